The number of hydrogen-bond acceptors (Lipinski definition) is 4. The zero-order valence-corrected chi connectivity index (χ0v) is 14.6. The van der Waals surface area contributed by atoms with E-state index in [9.17, 15) is 10.2 Å². The van der Waals surface area contributed by atoms with Crippen molar-refractivity contribution in [3.63, 3.8) is 0 Å². The van der Waals surface area contributed by atoms with Crippen LogP contribution in [0.5, 0.6) is 0 Å². The third-order valence-corrected chi connectivity index (χ3v) is 5.63. The van der Waals surface area contributed by atoms with Crippen molar-refractivity contribution >= 4 is 0 Å². The maximum absolute atomic E-state index is 10.3. The molecule has 136 valence electrons. The second-order valence-corrected chi connectivity index (χ2v) is 7.48. The summed E-state index contributed by atoms with van der Waals surface area (Å²) < 4.78 is 11.8. The van der Waals surface area contributed by atoms with Crippen molar-refractivity contribution in [1.82, 2.24) is 0 Å². The van der Waals surface area contributed by atoms with E-state index in [1.807, 2.05) is 0 Å². The zero-order valence-electron chi connectivity index (χ0n) is 14.6. The molecule has 0 amide bonds. The van der Waals surface area contributed by atoms with Crippen molar-refractivity contribution < 1.29 is 19.7 Å². The van der Waals surface area contributed by atoms with Gasteiger partial charge in [0, 0.05) is 5.92 Å². The van der Waals surface area contributed by atoms with Gasteiger partial charge >= 0.3 is 0 Å². The molecule has 0 aromatic carbocycles. The van der Waals surface area contributed by atoms with Crippen LogP contribution in [0.2, 0.25) is 0 Å². The second-order valence-electron chi connectivity index (χ2n) is 7.48. The Hall–Kier alpha value is -0.680. The molecular weight excluding hydrogens is 304 g/mol. The van der Waals surface area contributed by atoms with Gasteiger partial charge in [0.1, 0.15) is 0 Å². The van der Waals surface area contributed by atoms with Crippen LogP contribution in [-0.2, 0) is 9.47 Å². The molecule has 3 aliphatic carbocycles. The molecule has 0 heterocycles. The van der Waals surface area contributed by atoms with Crippen molar-refractivity contribution in [3.8, 4) is 0 Å². The topological polar surface area (TPSA) is 58.9 Å². The highest BCUT2D eigenvalue weighted by molar-refractivity contribution is 5.07. The van der Waals surface area contributed by atoms with E-state index in [2.05, 4.69) is 18.2 Å². The van der Waals surface area contributed by atoms with Crippen LogP contribution < -0.4 is 0 Å². The maximum Gasteiger partial charge on any atom is 0.177 e. The van der Waals surface area contributed by atoms with Crippen LogP contribution >= 0.6 is 0 Å². The molecule has 0 aliphatic heterocycles. The Balaban J connectivity index is 1.37. The molecular formula is C20H32O4. The summed E-state index contributed by atoms with van der Waals surface area (Å²) in [5.74, 6) is 0.240. The van der Waals surface area contributed by atoms with Gasteiger partial charge < -0.3 is 19.7 Å². The summed E-state index contributed by atoms with van der Waals surface area (Å²) in [7, 11) is 0. The second kappa shape index (κ2) is 9.14. The number of aliphatic hydroxyl groups is 2. The highest BCUT2D eigenvalue weighted by Gasteiger charge is 2.29. The molecule has 24 heavy (non-hydrogen) atoms. The molecule has 4 heteroatoms. The fourth-order valence-corrected chi connectivity index (χ4v) is 4.05. The summed E-state index contributed by atoms with van der Waals surface area (Å²) >= 11 is 0. The van der Waals surface area contributed by atoms with E-state index in [-0.39, 0.29) is 18.1 Å². The van der Waals surface area contributed by atoms with Crippen LogP contribution in [0.15, 0.2) is 23.8 Å². The minimum Gasteiger partial charge on any atom is -0.368 e. The quantitative estimate of drug-likeness (QED) is 0.572. The lowest BCUT2D eigenvalue weighted by molar-refractivity contribution is -0.187. The van der Waals surface area contributed by atoms with Crippen molar-refractivity contribution in [2.24, 2.45) is 5.92 Å². The van der Waals surface area contributed by atoms with Crippen molar-refractivity contribution in [2.45, 2.75) is 95.4 Å². The molecule has 0 bridgehead atoms. The van der Waals surface area contributed by atoms with Crippen molar-refractivity contribution in [3.05, 3.63) is 23.8 Å². The maximum atomic E-state index is 10.3. The average Bonchev–Trinajstić information content (AvgIpc) is 2.65. The number of allylic oxidation sites excluding steroid dienone is 3. The molecule has 3 rings (SSSR count). The molecule has 4 nitrogen and oxygen atoms in total. The van der Waals surface area contributed by atoms with Gasteiger partial charge in [-0.2, -0.15) is 0 Å². The average molecular weight is 336 g/mol. The van der Waals surface area contributed by atoms with E-state index < -0.39 is 12.6 Å². The molecule has 0 aromatic heterocycles. The summed E-state index contributed by atoms with van der Waals surface area (Å²) in [6.07, 6.45) is 16.3. The fourth-order valence-electron chi connectivity index (χ4n) is 4.05. The molecule has 1 saturated carbocycles. The van der Waals surface area contributed by atoms with Gasteiger partial charge in [0.05, 0.1) is 12.2 Å². The highest BCUT2D eigenvalue weighted by atomic mass is 16.6. The van der Waals surface area contributed by atoms with Crippen LogP contribution in [0.1, 0.15) is 70.6 Å². The van der Waals surface area contributed by atoms with Crippen LogP contribution in [0.25, 0.3) is 0 Å². The highest BCUT2D eigenvalue weighted by Crippen LogP contribution is 2.30. The lowest BCUT2D eigenvalue weighted by Crippen LogP contribution is -2.35. The predicted octanol–water partition coefficient (Wildman–Crippen LogP) is 3.82. The van der Waals surface area contributed by atoms with Crippen LogP contribution in [0.4, 0.5) is 0 Å². The Bertz CT molecular complexity index is 437. The van der Waals surface area contributed by atoms with E-state index in [0.717, 1.165) is 69.8 Å². The SMILES string of the molecule is OC(OC1CCC(O[C@@H](O)C2CC=CCC2)CC1)C1=CCCCC1. The molecule has 3 aliphatic rings. The number of ether oxygens (including phenoxy) is 2. The molecule has 0 spiro atoms. The number of aliphatic hydroxyl groups excluding tert-OH is 2. The van der Waals surface area contributed by atoms with Gasteiger partial charge in [-0.05, 0) is 76.2 Å². The minimum atomic E-state index is -0.729. The number of rotatable bonds is 6. The summed E-state index contributed by atoms with van der Waals surface area (Å²) in [5.41, 5.74) is 1.06. The van der Waals surface area contributed by atoms with Gasteiger partial charge in [0.15, 0.2) is 12.6 Å². The number of hydrogen-bond donors (Lipinski definition) is 2. The van der Waals surface area contributed by atoms with Gasteiger partial charge in [-0.1, -0.05) is 18.2 Å². The first-order chi connectivity index (χ1) is 11.7. The molecule has 0 saturated heterocycles. The lowest BCUT2D eigenvalue weighted by atomic mass is 9.92. The Morgan fingerprint density at radius 2 is 1.62 bits per heavy atom. The largest absolute Gasteiger partial charge is 0.368 e. The Morgan fingerprint density at radius 1 is 0.875 bits per heavy atom. The first-order valence-corrected chi connectivity index (χ1v) is 9.73. The van der Waals surface area contributed by atoms with E-state index in [1.165, 1.54) is 6.42 Å². The van der Waals surface area contributed by atoms with E-state index in [0.29, 0.717) is 0 Å². The van der Waals surface area contributed by atoms with Crippen molar-refractivity contribution in [2.75, 3.05) is 0 Å². The summed E-state index contributed by atoms with van der Waals surface area (Å²) in [5, 5.41) is 20.5. The monoisotopic (exact) mass is 336 g/mol. The molecule has 2 unspecified atom stereocenters. The Kier molecular flexibility index (Phi) is 6.90. The van der Waals surface area contributed by atoms with Gasteiger partial charge in [0.25, 0.3) is 0 Å². The molecule has 3 atom stereocenters. The zero-order chi connectivity index (χ0) is 16.8. The first kappa shape index (κ1) is 18.1. The Labute approximate surface area is 145 Å². The normalized spacial score (nSPS) is 33.8. The third-order valence-electron chi connectivity index (χ3n) is 5.63. The molecule has 2 N–H and O–H groups in total. The first-order valence-electron chi connectivity index (χ1n) is 9.73. The molecule has 0 aromatic rings. The van der Waals surface area contributed by atoms with Crippen molar-refractivity contribution in [1.29, 1.82) is 0 Å². The van der Waals surface area contributed by atoms with E-state index >= 15 is 0 Å². The smallest absolute Gasteiger partial charge is 0.177 e. The van der Waals surface area contributed by atoms with Crippen LogP contribution in [0, 0.1) is 5.92 Å². The van der Waals surface area contributed by atoms with Gasteiger partial charge in [-0.25, -0.2) is 0 Å². The predicted molar refractivity (Wildman–Crippen MR) is 93.3 cm³/mol. The van der Waals surface area contributed by atoms with Crippen LogP contribution in [-0.4, -0.2) is 35.0 Å². The van der Waals surface area contributed by atoms with Gasteiger partial charge in [-0.15, -0.1) is 0 Å². The Morgan fingerprint density at radius 3 is 2.25 bits per heavy atom. The third kappa shape index (κ3) is 5.16. The summed E-state index contributed by atoms with van der Waals surface area (Å²) in [4.78, 5) is 0. The summed E-state index contributed by atoms with van der Waals surface area (Å²) in [6.45, 7) is 0. The van der Waals surface area contributed by atoms with Crippen LogP contribution in [0.3, 0.4) is 0 Å². The summed E-state index contributed by atoms with van der Waals surface area (Å²) in [6, 6.07) is 0. The standard InChI is InChI=1S/C20H32O4/c21-19(15-7-3-1-4-8-15)23-17-11-13-18(14-12-17)24-20(22)16-9-5-2-6-10-16/h1,3,9,15,17-22H,2,4-8,10-14H2/t15?,17?,18?,19-,20?/m1/s1. The van der Waals surface area contributed by atoms with Gasteiger partial charge in [0.2, 0.25) is 0 Å². The van der Waals surface area contributed by atoms with Gasteiger partial charge in [-0.3, -0.25) is 0 Å². The van der Waals surface area contributed by atoms with E-state index in [1.54, 1.807) is 0 Å². The molecule has 0 radical (unpaired) electrons. The molecule has 1 fully saturated rings. The fraction of sp³-hybridized carbons (Fsp3) is 0.800. The minimum absolute atomic E-state index is 0.109. The van der Waals surface area contributed by atoms with E-state index in [4.69, 9.17) is 9.47 Å². The lowest BCUT2D eigenvalue weighted by Gasteiger charge is -2.33.